The number of likely N-dealkylation sites (tertiary alicyclic amines) is 1. The van der Waals surface area contributed by atoms with E-state index in [1.807, 2.05) is 12.1 Å². The number of rotatable bonds is 11. The van der Waals surface area contributed by atoms with Crippen LogP contribution in [0.1, 0.15) is 68.9 Å². The first-order chi connectivity index (χ1) is 18.1. The summed E-state index contributed by atoms with van der Waals surface area (Å²) < 4.78 is 5.57. The van der Waals surface area contributed by atoms with Gasteiger partial charge in [0.05, 0.1) is 13.2 Å². The zero-order chi connectivity index (χ0) is 25.7. The highest BCUT2D eigenvalue weighted by Gasteiger charge is 2.52. The second-order valence-electron chi connectivity index (χ2n) is 11.8. The predicted octanol–water partition coefficient (Wildman–Crippen LogP) is 5.11. The van der Waals surface area contributed by atoms with Crippen molar-refractivity contribution >= 4 is 5.91 Å². The van der Waals surface area contributed by atoms with Crippen LogP contribution in [0.25, 0.3) is 0 Å². The van der Waals surface area contributed by atoms with Crippen LogP contribution in [-0.2, 0) is 16.6 Å². The zero-order valence-electron chi connectivity index (χ0n) is 22.4. The van der Waals surface area contributed by atoms with E-state index in [0.29, 0.717) is 12.8 Å². The first-order valence-electron chi connectivity index (χ1n) is 14.4. The Balaban J connectivity index is 1.20. The Bertz CT molecular complexity index is 1020. The lowest BCUT2D eigenvalue weighted by atomic mass is 9.57. The van der Waals surface area contributed by atoms with Gasteiger partial charge >= 0.3 is 0 Å². The Morgan fingerprint density at radius 1 is 1.11 bits per heavy atom. The summed E-state index contributed by atoms with van der Waals surface area (Å²) in [7, 11) is 1.71. The number of carbonyl (C=O) groups is 1. The third-order valence-corrected chi connectivity index (χ3v) is 9.08. The molecule has 37 heavy (non-hydrogen) atoms. The number of aliphatic hydroxyl groups is 1. The van der Waals surface area contributed by atoms with Gasteiger partial charge in [-0.3, -0.25) is 4.79 Å². The van der Waals surface area contributed by atoms with Crippen molar-refractivity contribution in [1.82, 2.24) is 10.2 Å². The number of unbranched alkanes of at least 4 members (excludes halogenated alkanes) is 2. The van der Waals surface area contributed by atoms with Gasteiger partial charge in [-0.1, -0.05) is 48.9 Å². The summed E-state index contributed by atoms with van der Waals surface area (Å²) in [5.74, 6) is 2.02. The summed E-state index contributed by atoms with van der Waals surface area (Å²) in [5.41, 5.74) is 2.48. The van der Waals surface area contributed by atoms with E-state index in [-0.39, 0.29) is 23.3 Å². The van der Waals surface area contributed by atoms with Crippen molar-refractivity contribution in [3.63, 3.8) is 0 Å². The third-order valence-electron chi connectivity index (χ3n) is 9.08. The Labute approximate surface area is 222 Å². The van der Waals surface area contributed by atoms with E-state index in [1.165, 1.54) is 30.5 Å². The number of aliphatic hydroxyl groups excluding tert-OH is 1. The maximum Gasteiger partial charge on any atom is 0.220 e. The van der Waals surface area contributed by atoms with E-state index < -0.39 is 6.10 Å². The molecule has 2 N–H and O–H groups in total. The van der Waals surface area contributed by atoms with Gasteiger partial charge in [-0.25, -0.2) is 0 Å². The van der Waals surface area contributed by atoms with Gasteiger partial charge in [-0.05, 0) is 87.1 Å². The molecule has 4 atom stereocenters. The van der Waals surface area contributed by atoms with Crippen molar-refractivity contribution in [3.05, 3.63) is 65.7 Å². The molecule has 1 amide bonds. The second kappa shape index (κ2) is 12.0. The lowest BCUT2D eigenvalue weighted by molar-refractivity contribution is -0.123. The molecule has 1 aliphatic heterocycles. The summed E-state index contributed by atoms with van der Waals surface area (Å²) in [6, 6.07) is 19.0. The molecule has 0 spiro atoms. The number of hydrogen-bond donors (Lipinski definition) is 2. The normalized spacial score (nSPS) is 27.9. The fourth-order valence-electron chi connectivity index (χ4n) is 6.90. The fourth-order valence-corrected chi connectivity index (χ4v) is 6.90. The van der Waals surface area contributed by atoms with Crippen LogP contribution in [0.4, 0.5) is 0 Å². The van der Waals surface area contributed by atoms with Crippen LogP contribution < -0.4 is 10.1 Å². The minimum absolute atomic E-state index is 0.00394. The molecule has 2 aromatic carbocycles. The van der Waals surface area contributed by atoms with E-state index in [2.05, 4.69) is 52.7 Å². The first kappa shape index (κ1) is 26.2. The molecule has 2 saturated carbocycles. The number of nitrogens with zero attached hydrogens (tertiary/aromatic N) is 1. The van der Waals surface area contributed by atoms with E-state index in [9.17, 15) is 9.90 Å². The molecule has 3 aliphatic rings. The molecule has 0 radical (unpaired) electrons. The van der Waals surface area contributed by atoms with Gasteiger partial charge in [0, 0.05) is 36.9 Å². The van der Waals surface area contributed by atoms with Crippen LogP contribution in [0.2, 0.25) is 0 Å². The number of carbonyl (C=O) groups excluding carboxylic acids is 1. The van der Waals surface area contributed by atoms with Gasteiger partial charge in [0.2, 0.25) is 5.91 Å². The van der Waals surface area contributed by atoms with Crippen molar-refractivity contribution in [1.29, 1.82) is 0 Å². The van der Waals surface area contributed by atoms with E-state index in [1.54, 1.807) is 7.11 Å². The average molecular weight is 505 g/mol. The van der Waals surface area contributed by atoms with Gasteiger partial charge < -0.3 is 20.1 Å². The van der Waals surface area contributed by atoms with Gasteiger partial charge in [0.25, 0.3) is 0 Å². The maximum absolute atomic E-state index is 12.9. The third kappa shape index (κ3) is 6.56. The van der Waals surface area contributed by atoms with Gasteiger partial charge in [0.1, 0.15) is 5.75 Å². The maximum atomic E-state index is 12.9. The molecule has 200 valence electrons. The van der Waals surface area contributed by atoms with Crippen molar-refractivity contribution in [2.24, 2.45) is 11.8 Å². The number of nitrogens with one attached hydrogen (secondary N) is 1. The first-order valence-corrected chi connectivity index (χ1v) is 14.4. The zero-order valence-corrected chi connectivity index (χ0v) is 22.4. The number of amides is 1. The number of aryl methyl sites for hydroxylation is 1. The number of piperidine rings is 1. The van der Waals surface area contributed by atoms with Crippen molar-refractivity contribution < 1.29 is 14.6 Å². The summed E-state index contributed by atoms with van der Waals surface area (Å²) in [6.45, 7) is 3.16. The largest absolute Gasteiger partial charge is 0.497 e. The Morgan fingerprint density at radius 3 is 2.73 bits per heavy atom. The monoisotopic (exact) mass is 504 g/mol. The quantitative estimate of drug-likeness (QED) is 0.418. The van der Waals surface area contributed by atoms with Crippen LogP contribution in [0, 0.1) is 11.8 Å². The van der Waals surface area contributed by atoms with Crippen LogP contribution >= 0.6 is 0 Å². The molecule has 1 saturated heterocycles. The van der Waals surface area contributed by atoms with Gasteiger partial charge in [0.15, 0.2) is 0 Å². The smallest absolute Gasteiger partial charge is 0.220 e. The second-order valence-corrected chi connectivity index (χ2v) is 11.8. The molecule has 1 heterocycles. The molecule has 4 unspecified atom stereocenters. The van der Waals surface area contributed by atoms with Crippen molar-refractivity contribution in [2.75, 3.05) is 26.7 Å². The average Bonchev–Trinajstić information content (AvgIpc) is 3.73. The summed E-state index contributed by atoms with van der Waals surface area (Å²) >= 11 is 0. The van der Waals surface area contributed by atoms with Crippen LogP contribution in [0.15, 0.2) is 54.6 Å². The minimum atomic E-state index is -0.418. The number of benzene rings is 2. The molecule has 0 aromatic heterocycles. The standard InChI is InChI=1S/C32H44N2O3/c1-37-28-13-8-12-26(19-28)32-17-18-34(22-25-15-16-25)23-29(32)30(35)20-27(21-32)33-31(36)14-7-3-6-11-24-9-4-2-5-10-24/h2,4-5,8-10,12-13,19,25,27,29-30,35H,3,6-7,11,14-18,20-23H2,1H3,(H,33,36). The SMILES string of the molecule is COc1cccc(C23CCN(CC4CC4)CC2C(O)CC(NC(=O)CCCCCc2ccccc2)C3)c1. The highest BCUT2D eigenvalue weighted by atomic mass is 16.5. The molecule has 2 aliphatic carbocycles. The topological polar surface area (TPSA) is 61.8 Å². The lowest BCUT2D eigenvalue weighted by Gasteiger charge is -2.55. The number of methoxy groups -OCH3 is 1. The van der Waals surface area contributed by atoms with E-state index in [4.69, 9.17) is 4.74 Å². The van der Waals surface area contributed by atoms with Crippen LogP contribution in [-0.4, -0.2) is 54.8 Å². The number of ether oxygens (including phenoxy) is 1. The summed E-state index contributed by atoms with van der Waals surface area (Å²) in [5, 5.41) is 14.8. The minimum Gasteiger partial charge on any atom is -0.497 e. The molecular formula is C32H44N2O3. The highest BCUT2D eigenvalue weighted by molar-refractivity contribution is 5.76. The van der Waals surface area contributed by atoms with Crippen LogP contribution in [0.5, 0.6) is 5.75 Å². The molecule has 5 rings (SSSR count). The molecular weight excluding hydrogens is 460 g/mol. The number of fused-ring (bicyclic) bond motifs is 1. The fraction of sp³-hybridized carbons (Fsp3) is 0.594. The summed E-state index contributed by atoms with van der Waals surface area (Å²) in [4.78, 5) is 15.5. The summed E-state index contributed by atoms with van der Waals surface area (Å²) in [6.07, 6.45) is 9.54. The van der Waals surface area contributed by atoms with E-state index in [0.717, 1.165) is 63.3 Å². The van der Waals surface area contributed by atoms with Crippen molar-refractivity contribution in [2.45, 2.75) is 81.8 Å². The van der Waals surface area contributed by atoms with Gasteiger partial charge in [-0.15, -0.1) is 0 Å². The molecule has 0 bridgehead atoms. The Kier molecular flexibility index (Phi) is 8.51. The van der Waals surface area contributed by atoms with Crippen molar-refractivity contribution in [3.8, 4) is 5.75 Å². The number of hydrogen-bond acceptors (Lipinski definition) is 4. The molecule has 5 nitrogen and oxygen atoms in total. The Morgan fingerprint density at radius 2 is 1.95 bits per heavy atom. The van der Waals surface area contributed by atoms with E-state index >= 15 is 0 Å². The molecule has 2 aromatic rings. The van der Waals surface area contributed by atoms with Crippen LogP contribution in [0.3, 0.4) is 0 Å². The lowest BCUT2D eigenvalue weighted by Crippen LogP contribution is -2.61. The predicted molar refractivity (Wildman–Crippen MR) is 148 cm³/mol. The van der Waals surface area contributed by atoms with Gasteiger partial charge in [-0.2, -0.15) is 0 Å². The Hall–Kier alpha value is -2.37. The molecule has 5 heteroatoms. The molecule has 3 fully saturated rings. The highest BCUT2D eigenvalue weighted by Crippen LogP contribution is 2.50.